The number of amides is 1. The van der Waals surface area contributed by atoms with Gasteiger partial charge < -0.3 is 15.8 Å². The van der Waals surface area contributed by atoms with Gasteiger partial charge in [-0.1, -0.05) is 11.6 Å². The molecule has 0 radical (unpaired) electrons. The van der Waals surface area contributed by atoms with Crippen LogP contribution in [0.25, 0.3) is 0 Å². The Morgan fingerprint density at radius 3 is 2.62 bits per heavy atom. The second-order valence-electron chi connectivity index (χ2n) is 5.52. The van der Waals surface area contributed by atoms with Crippen LogP contribution >= 0.6 is 11.6 Å². The molecule has 2 aromatic rings. The number of nitrogens with zero attached hydrogens (tertiary/aromatic N) is 2. The zero-order chi connectivity index (χ0) is 17.9. The van der Waals surface area contributed by atoms with Crippen LogP contribution in [0.1, 0.15) is 37.2 Å². The number of esters is 1. The number of anilines is 2. The van der Waals surface area contributed by atoms with E-state index in [9.17, 15) is 9.59 Å². The summed E-state index contributed by atoms with van der Waals surface area (Å²) in [6.07, 6.45) is 0.587. The van der Waals surface area contributed by atoms with Gasteiger partial charge in [0, 0.05) is 22.8 Å². The quantitative estimate of drug-likeness (QED) is 0.638. The van der Waals surface area contributed by atoms with Gasteiger partial charge in [-0.15, -0.1) is 0 Å². The fourth-order valence-electron chi connectivity index (χ4n) is 2.05. The van der Waals surface area contributed by atoms with Crippen molar-refractivity contribution in [1.29, 1.82) is 0 Å². The Morgan fingerprint density at radius 1 is 1.29 bits per heavy atom. The van der Waals surface area contributed by atoms with Crippen LogP contribution in [0.4, 0.5) is 11.5 Å². The van der Waals surface area contributed by atoms with Crippen molar-refractivity contribution in [1.82, 2.24) is 9.78 Å². The predicted molar refractivity (Wildman–Crippen MR) is 92.0 cm³/mol. The van der Waals surface area contributed by atoms with Gasteiger partial charge in [0.2, 0.25) is 0 Å². The van der Waals surface area contributed by atoms with Gasteiger partial charge in [-0.3, -0.25) is 4.79 Å². The van der Waals surface area contributed by atoms with Gasteiger partial charge >= 0.3 is 5.97 Å². The zero-order valence-corrected chi connectivity index (χ0v) is 14.4. The van der Waals surface area contributed by atoms with Crippen molar-refractivity contribution in [3.63, 3.8) is 0 Å². The van der Waals surface area contributed by atoms with E-state index in [4.69, 9.17) is 22.1 Å². The van der Waals surface area contributed by atoms with E-state index in [-0.39, 0.29) is 17.3 Å². The number of nitrogens with one attached hydrogen (secondary N) is 1. The molecule has 0 aliphatic heterocycles. The maximum atomic E-state index is 12.2. The van der Waals surface area contributed by atoms with Crippen molar-refractivity contribution in [2.24, 2.45) is 0 Å². The monoisotopic (exact) mass is 350 g/mol. The van der Waals surface area contributed by atoms with Crippen LogP contribution in [-0.4, -0.2) is 27.8 Å². The first kappa shape index (κ1) is 17.8. The van der Waals surface area contributed by atoms with E-state index < -0.39 is 18.0 Å². The molecule has 3 N–H and O–H groups in total. The fraction of sp³-hybridized carbons (Fsp3) is 0.312. The molecule has 7 nitrogen and oxygen atoms in total. The van der Waals surface area contributed by atoms with E-state index >= 15 is 0 Å². The molecule has 8 heteroatoms. The number of carbonyl (C=O) groups is 2. The summed E-state index contributed by atoms with van der Waals surface area (Å²) >= 11 is 5.79. The minimum atomic E-state index is -0.997. The van der Waals surface area contributed by atoms with Crippen molar-refractivity contribution in [2.75, 3.05) is 11.1 Å². The zero-order valence-electron chi connectivity index (χ0n) is 13.6. The maximum absolute atomic E-state index is 12.2. The van der Waals surface area contributed by atoms with E-state index in [0.717, 1.165) is 0 Å². The molecule has 0 aliphatic rings. The van der Waals surface area contributed by atoms with E-state index in [2.05, 4.69) is 10.4 Å². The Balaban J connectivity index is 2.03. The first-order valence-corrected chi connectivity index (χ1v) is 7.77. The Bertz CT molecular complexity index is 758. The van der Waals surface area contributed by atoms with Gasteiger partial charge in [-0.05, 0) is 39.0 Å². The number of rotatable bonds is 5. The summed E-state index contributed by atoms with van der Waals surface area (Å²) in [7, 11) is 0. The van der Waals surface area contributed by atoms with Gasteiger partial charge in [0.05, 0.1) is 11.8 Å². The van der Waals surface area contributed by atoms with E-state index in [1.165, 1.54) is 25.1 Å². The Kier molecular flexibility index (Phi) is 5.46. The van der Waals surface area contributed by atoms with Crippen LogP contribution in [0.5, 0.6) is 0 Å². The average molecular weight is 351 g/mol. The predicted octanol–water partition coefficient (Wildman–Crippen LogP) is 2.88. The van der Waals surface area contributed by atoms with Crippen LogP contribution in [0.15, 0.2) is 30.5 Å². The highest BCUT2D eigenvalue weighted by Gasteiger charge is 2.21. The van der Waals surface area contributed by atoms with Gasteiger partial charge in [-0.25, -0.2) is 9.48 Å². The van der Waals surface area contributed by atoms with E-state index in [1.807, 2.05) is 13.8 Å². The topological polar surface area (TPSA) is 99.2 Å². The molecule has 0 spiro atoms. The molecule has 1 aromatic heterocycles. The number of ether oxygens (including phenoxy) is 1. The summed E-state index contributed by atoms with van der Waals surface area (Å²) in [6.45, 7) is 5.36. The summed E-state index contributed by atoms with van der Waals surface area (Å²) in [5.41, 5.74) is 6.09. The SMILES string of the molecule is CC(C)n1nccc1NC(=O)[C@@H](C)OC(=O)c1ccc(Cl)cc1N. The third-order valence-electron chi connectivity index (χ3n) is 3.30. The molecule has 0 unspecified atom stereocenters. The number of nitrogens with two attached hydrogens (primary N) is 1. The first-order chi connectivity index (χ1) is 11.3. The molecule has 0 fully saturated rings. The Labute approximate surface area is 144 Å². The number of carbonyl (C=O) groups excluding carboxylic acids is 2. The molecule has 1 atom stereocenters. The normalized spacial score (nSPS) is 12.0. The van der Waals surface area contributed by atoms with Crippen molar-refractivity contribution < 1.29 is 14.3 Å². The summed E-state index contributed by atoms with van der Waals surface area (Å²) in [5.74, 6) is -0.619. The summed E-state index contributed by atoms with van der Waals surface area (Å²) in [6, 6.07) is 6.19. The van der Waals surface area contributed by atoms with Crippen molar-refractivity contribution in [2.45, 2.75) is 32.9 Å². The minimum Gasteiger partial charge on any atom is -0.449 e. The molecule has 1 amide bonds. The highest BCUT2D eigenvalue weighted by molar-refractivity contribution is 6.31. The fourth-order valence-corrected chi connectivity index (χ4v) is 2.23. The average Bonchev–Trinajstić information content (AvgIpc) is 2.95. The number of halogens is 1. The largest absolute Gasteiger partial charge is 0.449 e. The molecule has 128 valence electrons. The van der Waals surface area contributed by atoms with Crippen LogP contribution < -0.4 is 11.1 Å². The molecule has 0 saturated carbocycles. The third-order valence-corrected chi connectivity index (χ3v) is 3.53. The van der Waals surface area contributed by atoms with Gasteiger partial charge in [0.1, 0.15) is 5.82 Å². The molecule has 0 aliphatic carbocycles. The number of hydrogen-bond donors (Lipinski definition) is 2. The standard InChI is InChI=1S/C16H19ClN4O3/c1-9(2)21-14(6-7-19-21)20-15(22)10(3)24-16(23)12-5-4-11(17)8-13(12)18/h4-10H,18H2,1-3H3,(H,20,22)/t10-/m1/s1. The van der Waals surface area contributed by atoms with Gasteiger partial charge in [0.25, 0.3) is 5.91 Å². The summed E-state index contributed by atoms with van der Waals surface area (Å²) in [5, 5.41) is 7.22. The lowest BCUT2D eigenvalue weighted by molar-refractivity contribution is -0.123. The van der Waals surface area contributed by atoms with Gasteiger partial charge in [0.15, 0.2) is 6.10 Å². The molecular formula is C16H19ClN4O3. The Morgan fingerprint density at radius 2 is 2.00 bits per heavy atom. The van der Waals surface area contributed by atoms with Crippen molar-refractivity contribution >= 4 is 35.0 Å². The molecule has 0 bridgehead atoms. The molecule has 1 aromatic carbocycles. The summed E-state index contributed by atoms with van der Waals surface area (Å²) < 4.78 is 6.82. The molecular weight excluding hydrogens is 332 g/mol. The van der Waals surface area contributed by atoms with E-state index in [0.29, 0.717) is 10.8 Å². The highest BCUT2D eigenvalue weighted by Crippen LogP contribution is 2.20. The second kappa shape index (κ2) is 7.35. The third kappa shape index (κ3) is 4.05. The molecule has 24 heavy (non-hydrogen) atoms. The number of nitrogen functional groups attached to an aromatic ring is 1. The first-order valence-electron chi connectivity index (χ1n) is 7.40. The summed E-state index contributed by atoms with van der Waals surface area (Å²) in [4.78, 5) is 24.3. The minimum absolute atomic E-state index is 0.0852. The Hall–Kier alpha value is -2.54. The smallest absolute Gasteiger partial charge is 0.341 e. The maximum Gasteiger partial charge on any atom is 0.341 e. The van der Waals surface area contributed by atoms with Gasteiger partial charge in [-0.2, -0.15) is 5.10 Å². The second-order valence-corrected chi connectivity index (χ2v) is 5.96. The van der Waals surface area contributed by atoms with Crippen LogP contribution in [0, 0.1) is 0 Å². The van der Waals surface area contributed by atoms with E-state index in [1.54, 1.807) is 16.9 Å². The lowest BCUT2D eigenvalue weighted by Gasteiger charge is -2.16. The molecule has 2 rings (SSSR count). The number of hydrogen-bond acceptors (Lipinski definition) is 5. The number of aromatic nitrogens is 2. The lowest BCUT2D eigenvalue weighted by Crippen LogP contribution is -2.31. The van der Waals surface area contributed by atoms with Crippen LogP contribution in [0.3, 0.4) is 0 Å². The molecule has 0 saturated heterocycles. The number of benzene rings is 1. The van der Waals surface area contributed by atoms with Crippen molar-refractivity contribution in [3.8, 4) is 0 Å². The lowest BCUT2D eigenvalue weighted by atomic mass is 10.2. The van der Waals surface area contributed by atoms with Crippen LogP contribution in [0.2, 0.25) is 5.02 Å². The molecule has 1 heterocycles. The highest BCUT2D eigenvalue weighted by atomic mass is 35.5. The van der Waals surface area contributed by atoms with Crippen LogP contribution in [-0.2, 0) is 9.53 Å². The van der Waals surface area contributed by atoms with Crippen molar-refractivity contribution in [3.05, 3.63) is 41.0 Å².